The van der Waals surface area contributed by atoms with Crippen LogP contribution in [0.3, 0.4) is 0 Å². The van der Waals surface area contributed by atoms with Crippen LogP contribution in [0.2, 0.25) is 0 Å². The summed E-state index contributed by atoms with van der Waals surface area (Å²) in [5, 5.41) is 19.5. The van der Waals surface area contributed by atoms with Gasteiger partial charge in [0.05, 0.1) is 5.69 Å². The predicted molar refractivity (Wildman–Crippen MR) is 73.7 cm³/mol. The Morgan fingerprint density at radius 1 is 1.30 bits per heavy atom. The molecule has 0 radical (unpaired) electrons. The maximum atomic E-state index is 12.1. The minimum atomic E-state index is -1.13. The van der Waals surface area contributed by atoms with Crippen LogP contribution < -0.4 is 5.32 Å². The van der Waals surface area contributed by atoms with E-state index in [1.165, 1.54) is 4.68 Å². The van der Waals surface area contributed by atoms with Crippen molar-refractivity contribution in [1.82, 2.24) is 20.3 Å². The quantitative estimate of drug-likeness (QED) is 0.825. The number of amides is 1. The molecule has 1 amide bonds. The Hall–Kier alpha value is -1.92. The number of rotatable bonds is 6. The maximum Gasteiger partial charge on any atom is 0.358 e. The van der Waals surface area contributed by atoms with E-state index in [0.29, 0.717) is 5.69 Å². The standard InChI is InChI=1S/C13H22N4O3/c1-6-8(4)14-12(18)9(5)17-11(7(2)3)10(13(19)20)15-16-17/h7-9H,6H2,1-5H3,(H,14,18)(H,19,20). The van der Waals surface area contributed by atoms with Gasteiger partial charge in [-0.2, -0.15) is 0 Å². The van der Waals surface area contributed by atoms with Crippen molar-refractivity contribution in [3.05, 3.63) is 11.4 Å². The zero-order valence-electron chi connectivity index (χ0n) is 12.5. The summed E-state index contributed by atoms with van der Waals surface area (Å²) < 4.78 is 1.39. The van der Waals surface area contributed by atoms with Gasteiger partial charge in [0, 0.05) is 6.04 Å². The van der Waals surface area contributed by atoms with E-state index < -0.39 is 12.0 Å². The molecule has 112 valence electrons. The molecule has 2 atom stereocenters. The van der Waals surface area contributed by atoms with Gasteiger partial charge in [0.25, 0.3) is 0 Å². The fraction of sp³-hybridized carbons (Fsp3) is 0.692. The molecule has 20 heavy (non-hydrogen) atoms. The Balaban J connectivity index is 3.07. The van der Waals surface area contributed by atoms with Gasteiger partial charge in [-0.1, -0.05) is 26.0 Å². The van der Waals surface area contributed by atoms with E-state index in [1.54, 1.807) is 6.92 Å². The van der Waals surface area contributed by atoms with Gasteiger partial charge < -0.3 is 10.4 Å². The van der Waals surface area contributed by atoms with E-state index in [1.807, 2.05) is 27.7 Å². The molecule has 0 aromatic carbocycles. The van der Waals surface area contributed by atoms with Crippen LogP contribution in [0.4, 0.5) is 0 Å². The highest BCUT2D eigenvalue weighted by molar-refractivity contribution is 5.87. The summed E-state index contributed by atoms with van der Waals surface area (Å²) in [5.41, 5.74) is 0.368. The van der Waals surface area contributed by atoms with Crippen molar-refractivity contribution in [2.45, 2.75) is 59.0 Å². The number of aromatic nitrogens is 3. The Morgan fingerprint density at radius 3 is 2.35 bits per heavy atom. The van der Waals surface area contributed by atoms with E-state index in [0.717, 1.165) is 6.42 Å². The zero-order valence-corrected chi connectivity index (χ0v) is 12.5. The van der Waals surface area contributed by atoms with Gasteiger partial charge in [0.2, 0.25) is 5.91 Å². The van der Waals surface area contributed by atoms with Crippen molar-refractivity contribution >= 4 is 11.9 Å². The SMILES string of the molecule is CCC(C)NC(=O)C(C)n1nnc(C(=O)O)c1C(C)C. The summed E-state index contributed by atoms with van der Waals surface area (Å²) in [6.07, 6.45) is 0.827. The largest absolute Gasteiger partial charge is 0.476 e. The van der Waals surface area contributed by atoms with Crippen LogP contribution in [0.15, 0.2) is 0 Å². The van der Waals surface area contributed by atoms with Crippen LogP contribution in [-0.2, 0) is 4.79 Å². The third-order valence-corrected chi connectivity index (χ3v) is 3.23. The van der Waals surface area contributed by atoms with Crippen molar-refractivity contribution < 1.29 is 14.7 Å². The summed E-state index contributed by atoms with van der Waals surface area (Å²) in [7, 11) is 0. The first-order valence-corrected chi connectivity index (χ1v) is 6.78. The molecule has 1 aromatic rings. The molecule has 7 heteroatoms. The van der Waals surface area contributed by atoms with Crippen LogP contribution in [-0.4, -0.2) is 38.0 Å². The van der Waals surface area contributed by atoms with Crippen molar-refractivity contribution in [3.63, 3.8) is 0 Å². The number of hydrogen-bond donors (Lipinski definition) is 2. The first kappa shape index (κ1) is 16.1. The highest BCUT2D eigenvalue weighted by Gasteiger charge is 2.27. The van der Waals surface area contributed by atoms with Gasteiger partial charge >= 0.3 is 5.97 Å². The summed E-state index contributed by atoms with van der Waals surface area (Å²) in [6, 6.07) is -0.531. The maximum absolute atomic E-state index is 12.1. The van der Waals surface area contributed by atoms with E-state index in [2.05, 4.69) is 15.6 Å². The Kier molecular flexibility index (Phi) is 5.24. The number of carbonyl (C=O) groups is 2. The summed E-state index contributed by atoms with van der Waals surface area (Å²) in [6.45, 7) is 9.27. The number of nitrogens with one attached hydrogen (secondary N) is 1. The fourth-order valence-electron chi connectivity index (χ4n) is 1.85. The number of carbonyl (C=O) groups excluding carboxylic acids is 1. The molecular weight excluding hydrogens is 260 g/mol. The molecule has 0 fully saturated rings. The highest BCUT2D eigenvalue weighted by Crippen LogP contribution is 2.21. The lowest BCUT2D eigenvalue weighted by molar-refractivity contribution is -0.124. The van der Waals surface area contributed by atoms with Gasteiger partial charge in [-0.15, -0.1) is 5.10 Å². The zero-order chi connectivity index (χ0) is 15.4. The van der Waals surface area contributed by atoms with Gasteiger partial charge in [0.1, 0.15) is 6.04 Å². The second-order valence-corrected chi connectivity index (χ2v) is 5.22. The first-order valence-electron chi connectivity index (χ1n) is 6.78. The lowest BCUT2D eigenvalue weighted by Gasteiger charge is -2.19. The molecule has 0 aliphatic carbocycles. The minimum absolute atomic E-state index is 0.0647. The van der Waals surface area contributed by atoms with Crippen LogP contribution in [0.5, 0.6) is 0 Å². The minimum Gasteiger partial charge on any atom is -0.476 e. The molecule has 2 N–H and O–H groups in total. The number of hydrogen-bond acceptors (Lipinski definition) is 4. The molecule has 1 aromatic heterocycles. The Morgan fingerprint density at radius 2 is 1.90 bits per heavy atom. The topological polar surface area (TPSA) is 97.1 Å². The summed E-state index contributed by atoms with van der Waals surface area (Å²) in [5.74, 6) is -1.41. The first-order chi connectivity index (χ1) is 9.29. The molecule has 7 nitrogen and oxygen atoms in total. The number of carboxylic acids is 1. The monoisotopic (exact) mass is 282 g/mol. The molecule has 0 saturated heterocycles. The van der Waals surface area contributed by atoms with Crippen molar-refractivity contribution in [2.24, 2.45) is 0 Å². The van der Waals surface area contributed by atoms with E-state index in [9.17, 15) is 9.59 Å². The molecule has 0 aliphatic heterocycles. The summed E-state index contributed by atoms with van der Waals surface area (Å²) in [4.78, 5) is 23.3. The highest BCUT2D eigenvalue weighted by atomic mass is 16.4. The van der Waals surface area contributed by atoms with E-state index in [4.69, 9.17) is 5.11 Å². The van der Waals surface area contributed by atoms with Gasteiger partial charge in [-0.3, -0.25) is 4.79 Å². The van der Waals surface area contributed by atoms with E-state index >= 15 is 0 Å². The average molecular weight is 282 g/mol. The van der Waals surface area contributed by atoms with Crippen molar-refractivity contribution in [1.29, 1.82) is 0 Å². The van der Waals surface area contributed by atoms with Crippen LogP contribution in [0.25, 0.3) is 0 Å². The molecule has 1 rings (SSSR count). The van der Waals surface area contributed by atoms with Crippen molar-refractivity contribution in [2.75, 3.05) is 0 Å². The Labute approximate surface area is 118 Å². The molecule has 2 unspecified atom stereocenters. The third-order valence-electron chi connectivity index (χ3n) is 3.23. The molecule has 0 saturated carbocycles. The molecular formula is C13H22N4O3. The molecule has 0 aliphatic rings. The van der Waals surface area contributed by atoms with Gasteiger partial charge in [0.15, 0.2) is 5.69 Å². The van der Waals surface area contributed by atoms with Crippen LogP contribution >= 0.6 is 0 Å². The lowest BCUT2D eigenvalue weighted by atomic mass is 10.1. The predicted octanol–water partition coefficient (Wildman–Crippen LogP) is 1.58. The number of carboxylic acid groups (broad SMARTS) is 1. The van der Waals surface area contributed by atoms with Crippen molar-refractivity contribution in [3.8, 4) is 0 Å². The van der Waals surface area contributed by atoms with Gasteiger partial charge in [-0.05, 0) is 26.2 Å². The number of nitrogens with zero attached hydrogens (tertiary/aromatic N) is 3. The van der Waals surface area contributed by atoms with Crippen LogP contribution in [0.1, 0.15) is 69.2 Å². The van der Waals surface area contributed by atoms with Gasteiger partial charge in [-0.25, -0.2) is 9.48 Å². The molecule has 0 spiro atoms. The molecule has 1 heterocycles. The third kappa shape index (κ3) is 3.34. The molecule has 0 bridgehead atoms. The van der Waals surface area contributed by atoms with E-state index in [-0.39, 0.29) is 23.6 Å². The second-order valence-electron chi connectivity index (χ2n) is 5.22. The Bertz CT molecular complexity index is 496. The average Bonchev–Trinajstić information content (AvgIpc) is 2.82. The second kappa shape index (κ2) is 6.49. The summed E-state index contributed by atoms with van der Waals surface area (Å²) >= 11 is 0. The fourth-order valence-corrected chi connectivity index (χ4v) is 1.85. The lowest BCUT2D eigenvalue weighted by Crippen LogP contribution is -2.37. The van der Waals surface area contributed by atoms with Crippen LogP contribution in [0, 0.1) is 0 Å². The smallest absolute Gasteiger partial charge is 0.358 e. The number of aromatic carboxylic acids is 1. The normalized spacial score (nSPS) is 14.1.